The van der Waals surface area contributed by atoms with Crippen molar-refractivity contribution in [3.8, 4) is 5.75 Å². The van der Waals surface area contributed by atoms with Gasteiger partial charge in [-0.25, -0.2) is 4.79 Å². The zero-order chi connectivity index (χ0) is 11.3. The highest BCUT2D eigenvalue weighted by atomic mass is 16.5. The van der Waals surface area contributed by atoms with E-state index in [4.69, 9.17) is 4.74 Å². The number of benzene rings is 1. The predicted octanol–water partition coefficient (Wildman–Crippen LogP) is 1.67. The molecule has 0 aliphatic rings. The summed E-state index contributed by atoms with van der Waals surface area (Å²) in [6.45, 7) is 1.75. The van der Waals surface area contributed by atoms with Gasteiger partial charge in [-0.2, -0.15) is 0 Å². The number of carbonyl (C=O) groups excluding carboxylic acids is 1. The number of nitrogens with one attached hydrogen (secondary N) is 1. The van der Waals surface area contributed by atoms with Gasteiger partial charge < -0.3 is 14.8 Å². The first-order valence-corrected chi connectivity index (χ1v) is 4.65. The topological polar surface area (TPSA) is 47.6 Å². The Balaban J connectivity index is 2.60. The second kappa shape index (κ2) is 5.24. The summed E-state index contributed by atoms with van der Waals surface area (Å²) in [5.41, 5.74) is 0.855. The molecule has 0 heterocycles. The molecule has 0 aromatic heterocycles. The Bertz CT molecular complexity index is 321. The van der Waals surface area contributed by atoms with Gasteiger partial charge >= 0.3 is 5.97 Å². The van der Waals surface area contributed by atoms with Gasteiger partial charge in [0, 0.05) is 5.69 Å². The van der Waals surface area contributed by atoms with Gasteiger partial charge in [-0.05, 0) is 31.2 Å². The van der Waals surface area contributed by atoms with Crippen LogP contribution in [0.2, 0.25) is 0 Å². The maximum absolute atomic E-state index is 11.1. The summed E-state index contributed by atoms with van der Waals surface area (Å²) in [7, 11) is 2.98. The van der Waals surface area contributed by atoms with Crippen molar-refractivity contribution in [2.75, 3.05) is 19.5 Å². The van der Waals surface area contributed by atoms with Crippen molar-refractivity contribution in [3.05, 3.63) is 24.3 Å². The molecule has 1 aromatic rings. The first kappa shape index (κ1) is 11.4. The van der Waals surface area contributed by atoms with Gasteiger partial charge in [-0.1, -0.05) is 0 Å². The van der Waals surface area contributed by atoms with Crippen molar-refractivity contribution >= 4 is 11.7 Å². The maximum Gasteiger partial charge on any atom is 0.327 e. The molecule has 1 unspecified atom stereocenters. The van der Waals surface area contributed by atoms with E-state index >= 15 is 0 Å². The molecular formula is C11H15NO3. The SMILES string of the molecule is COC(=O)C(C)Nc1ccc(OC)cc1. The highest BCUT2D eigenvalue weighted by Gasteiger charge is 2.11. The van der Waals surface area contributed by atoms with Gasteiger partial charge in [0.1, 0.15) is 11.8 Å². The number of anilines is 1. The third-order valence-electron chi connectivity index (χ3n) is 2.03. The van der Waals surface area contributed by atoms with Crippen LogP contribution in [-0.4, -0.2) is 26.2 Å². The molecule has 1 aromatic carbocycles. The molecule has 0 fully saturated rings. The van der Waals surface area contributed by atoms with E-state index in [0.717, 1.165) is 11.4 Å². The van der Waals surface area contributed by atoms with Crippen molar-refractivity contribution in [3.63, 3.8) is 0 Å². The fourth-order valence-corrected chi connectivity index (χ4v) is 1.17. The maximum atomic E-state index is 11.1. The molecule has 1 atom stereocenters. The molecule has 0 amide bonds. The van der Waals surface area contributed by atoms with E-state index in [1.54, 1.807) is 14.0 Å². The Morgan fingerprint density at radius 1 is 1.27 bits per heavy atom. The fourth-order valence-electron chi connectivity index (χ4n) is 1.17. The van der Waals surface area contributed by atoms with Crippen LogP contribution in [0.1, 0.15) is 6.92 Å². The second-order valence-corrected chi connectivity index (χ2v) is 3.12. The average Bonchev–Trinajstić information content (AvgIpc) is 2.29. The molecule has 4 nitrogen and oxygen atoms in total. The van der Waals surface area contributed by atoms with Crippen LogP contribution in [0.3, 0.4) is 0 Å². The van der Waals surface area contributed by atoms with Crippen molar-refractivity contribution in [2.24, 2.45) is 0 Å². The molecular weight excluding hydrogens is 194 g/mol. The van der Waals surface area contributed by atoms with E-state index in [0.29, 0.717) is 0 Å². The number of methoxy groups -OCH3 is 2. The van der Waals surface area contributed by atoms with Crippen molar-refractivity contribution < 1.29 is 14.3 Å². The molecule has 0 bridgehead atoms. The third kappa shape index (κ3) is 3.16. The monoisotopic (exact) mass is 209 g/mol. The summed E-state index contributed by atoms with van der Waals surface area (Å²) in [5.74, 6) is 0.497. The molecule has 0 radical (unpaired) electrons. The summed E-state index contributed by atoms with van der Waals surface area (Å²) >= 11 is 0. The molecule has 0 spiro atoms. The van der Waals surface area contributed by atoms with Crippen molar-refractivity contribution in [2.45, 2.75) is 13.0 Å². The lowest BCUT2D eigenvalue weighted by molar-refractivity contribution is -0.141. The summed E-state index contributed by atoms with van der Waals surface area (Å²) in [6.07, 6.45) is 0. The van der Waals surface area contributed by atoms with Crippen LogP contribution in [0.4, 0.5) is 5.69 Å². The Morgan fingerprint density at radius 2 is 1.87 bits per heavy atom. The molecule has 0 saturated carbocycles. The lowest BCUT2D eigenvalue weighted by Crippen LogP contribution is -2.27. The van der Waals surface area contributed by atoms with Crippen LogP contribution in [0, 0.1) is 0 Å². The van der Waals surface area contributed by atoms with Crippen LogP contribution in [-0.2, 0) is 9.53 Å². The van der Waals surface area contributed by atoms with Gasteiger partial charge in [0.2, 0.25) is 0 Å². The van der Waals surface area contributed by atoms with Gasteiger partial charge in [0.25, 0.3) is 0 Å². The number of carbonyl (C=O) groups is 1. The first-order chi connectivity index (χ1) is 7.17. The van der Waals surface area contributed by atoms with Gasteiger partial charge in [0.15, 0.2) is 0 Å². The standard InChI is InChI=1S/C11H15NO3/c1-8(11(13)15-3)12-9-4-6-10(14-2)7-5-9/h4-8,12H,1-3H3. The lowest BCUT2D eigenvalue weighted by Gasteiger charge is -2.12. The van der Waals surface area contributed by atoms with Crippen molar-refractivity contribution in [1.29, 1.82) is 0 Å². The van der Waals surface area contributed by atoms with E-state index in [1.165, 1.54) is 7.11 Å². The molecule has 1 rings (SSSR count). The van der Waals surface area contributed by atoms with Gasteiger partial charge in [-0.3, -0.25) is 0 Å². The minimum Gasteiger partial charge on any atom is -0.497 e. The minimum atomic E-state index is -0.358. The highest BCUT2D eigenvalue weighted by molar-refractivity contribution is 5.78. The quantitative estimate of drug-likeness (QED) is 0.766. The summed E-state index contributed by atoms with van der Waals surface area (Å²) in [5, 5.41) is 3.01. The molecule has 82 valence electrons. The molecule has 0 aliphatic heterocycles. The Hall–Kier alpha value is -1.71. The fraction of sp³-hybridized carbons (Fsp3) is 0.364. The normalized spacial score (nSPS) is 11.7. The van der Waals surface area contributed by atoms with E-state index in [1.807, 2.05) is 24.3 Å². The lowest BCUT2D eigenvalue weighted by atomic mass is 10.2. The van der Waals surface area contributed by atoms with Crippen LogP contribution < -0.4 is 10.1 Å². The second-order valence-electron chi connectivity index (χ2n) is 3.12. The Labute approximate surface area is 89.2 Å². The van der Waals surface area contributed by atoms with Crippen LogP contribution in [0.25, 0.3) is 0 Å². The zero-order valence-electron chi connectivity index (χ0n) is 9.11. The molecule has 1 N–H and O–H groups in total. The third-order valence-corrected chi connectivity index (χ3v) is 2.03. The van der Waals surface area contributed by atoms with Gasteiger partial charge in [-0.15, -0.1) is 0 Å². The minimum absolute atomic E-state index is 0.286. The number of hydrogen-bond donors (Lipinski definition) is 1. The van der Waals surface area contributed by atoms with Gasteiger partial charge in [0.05, 0.1) is 14.2 Å². The summed E-state index contributed by atoms with van der Waals surface area (Å²) < 4.78 is 9.63. The van der Waals surface area contributed by atoms with E-state index < -0.39 is 0 Å². The largest absolute Gasteiger partial charge is 0.497 e. The number of esters is 1. The van der Waals surface area contributed by atoms with Crippen LogP contribution in [0.5, 0.6) is 5.75 Å². The summed E-state index contributed by atoms with van der Waals surface area (Å²) in [6, 6.07) is 6.98. The average molecular weight is 209 g/mol. The smallest absolute Gasteiger partial charge is 0.327 e. The number of ether oxygens (including phenoxy) is 2. The van der Waals surface area contributed by atoms with E-state index in [9.17, 15) is 4.79 Å². The Morgan fingerprint density at radius 3 is 2.33 bits per heavy atom. The van der Waals surface area contributed by atoms with E-state index in [2.05, 4.69) is 10.1 Å². The first-order valence-electron chi connectivity index (χ1n) is 4.65. The van der Waals surface area contributed by atoms with Crippen molar-refractivity contribution in [1.82, 2.24) is 0 Å². The van der Waals surface area contributed by atoms with Crippen LogP contribution >= 0.6 is 0 Å². The highest BCUT2D eigenvalue weighted by Crippen LogP contribution is 2.15. The molecule has 0 saturated heterocycles. The molecule has 15 heavy (non-hydrogen) atoms. The Kier molecular flexibility index (Phi) is 3.97. The molecule has 0 aliphatic carbocycles. The number of hydrogen-bond acceptors (Lipinski definition) is 4. The molecule has 4 heteroatoms. The number of rotatable bonds is 4. The zero-order valence-corrected chi connectivity index (χ0v) is 9.11. The summed E-state index contributed by atoms with van der Waals surface area (Å²) in [4.78, 5) is 11.1. The van der Waals surface area contributed by atoms with E-state index in [-0.39, 0.29) is 12.0 Å². The predicted molar refractivity (Wildman–Crippen MR) is 58.1 cm³/mol. The van der Waals surface area contributed by atoms with Crippen LogP contribution in [0.15, 0.2) is 24.3 Å².